The van der Waals surface area contributed by atoms with E-state index in [0.717, 1.165) is 5.56 Å². The second kappa shape index (κ2) is 6.04. The summed E-state index contributed by atoms with van der Waals surface area (Å²) in [4.78, 5) is 11.7. The Bertz CT molecular complexity index is 625. The van der Waals surface area contributed by atoms with Gasteiger partial charge in [0.05, 0.1) is 30.7 Å². The highest BCUT2D eigenvalue weighted by atomic mass is 32.2. The lowest BCUT2D eigenvalue weighted by Crippen LogP contribution is -2.27. The number of carbonyl (C=O) groups is 1. The molecule has 0 radical (unpaired) electrons. The quantitative estimate of drug-likeness (QED) is 0.650. The van der Waals surface area contributed by atoms with Gasteiger partial charge in [0.25, 0.3) is 0 Å². The molecule has 1 aromatic carbocycles. The third-order valence-electron chi connectivity index (χ3n) is 3.09. The summed E-state index contributed by atoms with van der Waals surface area (Å²) in [6, 6.07) is 7.21. The van der Waals surface area contributed by atoms with Gasteiger partial charge >= 0.3 is 0 Å². The van der Waals surface area contributed by atoms with Crippen molar-refractivity contribution in [3.63, 3.8) is 0 Å². The van der Waals surface area contributed by atoms with Crippen molar-refractivity contribution in [1.82, 2.24) is 5.43 Å². The summed E-state index contributed by atoms with van der Waals surface area (Å²) in [6.45, 7) is 0. The molecule has 108 valence electrons. The number of hydrogen-bond acceptors (Lipinski definition) is 5. The number of carbonyl (C=O) groups excluding carboxylic acids is 1. The van der Waals surface area contributed by atoms with Crippen LogP contribution < -0.4 is 10.2 Å². The van der Waals surface area contributed by atoms with Crippen LogP contribution in [-0.2, 0) is 14.6 Å². The standard InChI is InChI=1S/C13H16N2O4S/c1-19-12-4-2-3-10(7-12)8-14-15-13(16)11-5-6-20(17,18)9-11/h2-4,7-8,11H,5-6,9H2,1H3,(H,15,16)/b14-8-/t11-/m1/s1. The van der Waals surface area contributed by atoms with Crippen LogP contribution in [0, 0.1) is 5.92 Å². The van der Waals surface area contributed by atoms with E-state index in [2.05, 4.69) is 10.5 Å². The maximum absolute atomic E-state index is 11.7. The van der Waals surface area contributed by atoms with Crippen molar-refractivity contribution in [2.45, 2.75) is 6.42 Å². The first-order chi connectivity index (χ1) is 9.50. The third kappa shape index (κ3) is 3.80. The summed E-state index contributed by atoms with van der Waals surface area (Å²) in [6.07, 6.45) is 1.85. The fourth-order valence-corrected chi connectivity index (χ4v) is 3.73. The van der Waals surface area contributed by atoms with E-state index in [1.165, 1.54) is 6.21 Å². The van der Waals surface area contributed by atoms with Gasteiger partial charge in [-0.15, -0.1) is 0 Å². The number of methoxy groups -OCH3 is 1. The molecule has 0 aliphatic carbocycles. The summed E-state index contributed by atoms with van der Waals surface area (Å²) in [7, 11) is -1.49. The Morgan fingerprint density at radius 2 is 2.30 bits per heavy atom. The molecule has 1 N–H and O–H groups in total. The topological polar surface area (TPSA) is 84.8 Å². The Labute approximate surface area is 117 Å². The summed E-state index contributed by atoms with van der Waals surface area (Å²) in [5.41, 5.74) is 3.15. The van der Waals surface area contributed by atoms with Gasteiger partial charge in [-0.2, -0.15) is 5.10 Å². The van der Waals surface area contributed by atoms with Crippen LogP contribution >= 0.6 is 0 Å². The molecule has 1 aromatic rings. The van der Waals surface area contributed by atoms with Gasteiger partial charge in [-0.1, -0.05) is 12.1 Å². The zero-order chi connectivity index (χ0) is 14.6. The second-order valence-electron chi connectivity index (χ2n) is 4.61. The largest absolute Gasteiger partial charge is 0.497 e. The van der Waals surface area contributed by atoms with E-state index < -0.39 is 15.8 Å². The monoisotopic (exact) mass is 296 g/mol. The van der Waals surface area contributed by atoms with Crippen molar-refractivity contribution in [3.05, 3.63) is 29.8 Å². The minimum Gasteiger partial charge on any atom is -0.497 e. The summed E-state index contributed by atoms with van der Waals surface area (Å²) >= 11 is 0. The van der Waals surface area contributed by atoms with E-state index in [9.17, 15) is 13.2 Å². The molecule has 1 atom stereocenters. The Balaban J connectivity index is 1.91. The van der Waals surface area contributed by atoms with E-state index in [0.29, 0.717) is 12.2 Å². The average Bonchev–Trinajstić information content (AvgIpc) is 2.79. The van der Waals surface area contributed by atoms with Gasteiger partial charge in [-0.3, -0.25) is 4.79 Å². The molecule has 20 heavy (non-hydrogen) atoms. The minimum absolute atomic E-state index is 0.0741. The average molecular weight is 296 g/mol. The first-order valence-electron chi connectivity index (χ1n) is 6.17. The fraction of sp³-hybridized carbons (Fsp3) is 0.385. The van der Waals surface area contributed by atoms with Crippen LogP contribution in [0.1, 0.15) is 12.0 Å². The zero-order valence-electron chi connectivity index (χ0n) is 11.1. The lowest BCUT2D eigenvalue weighted by Gasteiger charge is -2.04. The molecule has 0 aromatic heterocycles. The van der Waals surface area contributed by atoms with E-state index in [-0.39, 0.29) is 17.4 Å². The number of benzene rings is 1. The maximum atomic E-state index is 11.7. The summed E-state index contributed by atoms with van der Waals surface area (Å²) in [5.74, 6) is -0.173. The molecular formula is C13H16N2O4S. The van der Waals surface area contributed by atoms with E-state index in [1.807, 2.05) is 12.1 Å². The van der Waals surface area contributed by atoms with Crippen LogP contribution in [0.2, 0.25) is 0 Å². The number of nitrogens with one attached hydrogen (secondary N) is 1. The minimum atomic E-state index is -3.06. The molecule has 1 saturated heterocycles. The molecule has 1 fully saturated rings. The third-order valence-corrected chi connectivity index (χ3v) is 4.85. The van der Waals surface area contributed by atoms with Crippen LogP contribution in [0.4, 0.5) is 0 Å². The Morgan fingerprint density at radius 3 is 2.95 bits per heavy atom. The van der Waals surface area contributed by atoms with Crippen LogP contribution in [0.25, 0.3) is 0 Å². The van der Waals surface area contributed by atoms with Crippen LogP contribution in [0.5, 0.6) is 5.75 Å². The molecule has 1 heterocycles. The highest BCUT2D eigenvalue weighted by Gasteiger charge is 2.32. The predicted octanol–water partition coefficient (Wildman–Crippen LogP) is 0.580. The molecule has 2 rings (SSSR count). The van der Waals surface area contributed by atoms with E-state index >= 15 is 0 Å². The van der Waals surface area contributed by atoms with Crippen molar-refractivity contribution in [3.8, 4) is 5.75 Å². The smallest absolute Gasteiger partial charge is 0.244 e. The number of nitrogens with zero attached hydrogens (tertiary/aromatic N) is 1. The molecule has 0 bridgehead atoms. The SMILES string of the molecule is COc1cccc(/C=N\NC(=O)[C@@H]2CCS(=O)(=O)C2)c1. The van der Waals surface area contributed by atoms with Crippen molar-refractivity contribution in [2.24, 2.45) is 11.0 Å². The van der Waals surface area contributed by atoms with Crippen molar-refractivity contribution < 1.29 is 17.9 Å². The Hall–Kier alpha value is -1.89. The molecule has 1 amide bonds. The molecule has 0 spiro atoms. The van der Waals surface area contributed by atoms with Crippen molar-refractivity contribution in [1.29, 1.82) is 0 Å². The van der Waals surface area contributed by atoms with Gasteiger partial charge in [-0.05, 0) is 24.1 Å². The van der Waals surface area contributed by atoms with Crippen LogP contribution in [-0.4, -0.2) is 39.2 Å². The number of amides is 1. The highest BCUT2D eigenvalue weighted by Crippen LogP contribution is 2.18. The first kappa shape index (κ1) is 14.5. The van der Waals surface area contributed by atoms with Gasteiger partial charge in [0.2, 0.25) is 5.91 Å². The number of sulfone groups is 1. The van der Waals surface area contributed by atoms with Gasteiger partial charge in [0.15, 0.2) is 9.84 Å². The molecule has 1 aliphatic heterocycles. The molecule has 6 nitrogen and oxygen atoms in total. The number of hydrogen-bond donors (Lipinski definition) is 1. The summed E-state index contributed by atoms with van der Waals surface area (Å²) < 4.78 is 27.6. The predicted molar refractivity (Wildman–Crippen MR) is 75.5 cm³/mol. The van der Waals surface area contributed by atoms with E-state index in [4.69, 9.17) is 4.74 Å². The highest BCUT2D eigenvalue weighted by molar-refractivity contribution is 7.91. The molecular weight excluding hydrogens is 280 g/mol. The van der Waals surface area contributed by atoms with Crippen molar-refractivity contribution in [2.75, 3.05) is 18.6 Å². The van der Waals surface area contributed by atoms with Crippen molar-refractivity contribution >= 4 is 22.0 Å². The Morgan fingerprint density at radius 1 is 1.50 bits per heavy atom. The first-order valence-corrected chi connectivity index (χ1v) is 8.00. The van der Waals surface area contributed by atoms with Crippen LogP contribution in [0.15, 0.2) is 29.4 Å². The number of hydrazone groups is 1. The van der Waals surface area contributed by atoms with Gasteiger partial charge in [0, 0.05) is 0 Å². The molecule has 0 unspecified atom stereocenters. The molecule has 1 aliphatic rings. The summed E-state index contributed by atoms with van der Waals surface area (Å²) in [5, 5.41) is 3.83. The Kier molecular flexibility index (Phi) is 4.39. The normalized spacial score (nSPS) is 20.9. The number of ether oxygens (including phenoxy) is 1. The van der Waals surface area contributed by atoms with Gasteiger partial charge in [-0.25, -0.2) is 13.8 Å². The lowest BCUT2D eigenvalue weighted by molar-refractivity contribution is -0.124. The second-order valence-corrected chi connectivity index (χ2v) is 6.84. The van der Waals surface area contributed by atoms with Crippen LogP contribution in [0.3, 0.4) is 0 Å². The molecule has 0 saturated carbocycles. The lowest BCUT2D eigenvalue weighted by atomic mass is 10.1. The maximum Gasteiger partial charge on any atom is 0.244 e. The van der Waals surface area contributed by atoms with Gasteiger partial charge < -0.3 is 4.74 Å². The van der Waals surface area contributed by atoms with Gasteiger partial charge in [0.1, 0.15) is 5.75 Å². The van der Waals surface area contributed by atoms with E-state index in [1.54, 1.807) is 19.2 Å². The fourth-order valence-electron chi connectivity index (χ4n) is 1.99. The zero-order valence-corrected chi connectivity index (χ0v) is 11.9. The molecule has 7 heteroatoms. The number of rotatable bonds is 4.